The highest BCUT2D eigenvalue weighted by Gasteiger charge is 2.23. The summed E-state index contributed by atoms with van der Waals surface area (Å²) in [5.74, 6) is 1.82. The first kappa shape index (κ1) is 20.6. The van der Waals surface area contributed by atoms with Gasteiger partial charge in [-0.25, -0.2) is 9.97 Å². The highest BCUT2D eigenvalue weighted by Crippen LogP contribution is 2.32. The summed E-state index contributed by atoms with van der Waals surface area (Å²) in [6, 6.07) is 11.6. The molecule has 8 heteroatoms. The van der Waals surface area contributed by atoms with Crippen LogP contribution < -0.4 is 9.64 Å². The molecule has 1 saturated heterocycles. The van der Waals surface area contributed by atoms with Crippen molar-refractivity contribution in [3.63, 3.8) is 0 Å². The number of carbonyl (C=O) groups excluding carboxylic acids is 1. The Morgan fingerprint density at radius 2 is 1.97 bits per heavy atom. The number of halogens is 1. The minimum Gasteiger partial charge on any atom is -0.493 e. The molecule has 1 aliphatic rings. The van der Waals surface area contributed by atoms with E-state index in [-0.39, 0.29) is 5.91 Å². The van der Waals surface area contributed by atoms with Crippen LogP contribution in [-0.4, -0.2) is 53.6 Å². The lowest BCUT2D eigenvalue weighted by Gasteiger charge is -2.35. The first-order valence-corrected chi connectivity index (χ1v) is 11.2. The maximum Gasteiger partial charge on any atom is 0.228 e. The fraction of sp³-hybridized carbons (Fsp3) is 0.318. The fourth-order valence-corrected chi connectivity index (χ4v) is 4.40. The second-order valence-electron chi connectivity index (χ2n) is 6.95. The molecule has 30 heavy (non-hydrogen) atoms. The van der Waals surface area contributed by atoms with Gasteiger partial charge in [-0.2, -0.15) is 0 Å². The Balaban J connectivity index is 1.36. The summed E-state index contributed by atoms with van der Waals surface area (Å²) < 4.78 is 5.70. The summed E-state index contributed by atoms with van der Waals surface area (Å²) >= 11 is 7.45. The van der Waals surface area contributed by atoms with E-state index < -0.39 is 0 Å². The normalized spacial score (nSPS) is 14.1. The second kappa shape index (κ2) is 9.45. The number of thiazole rings is 1. The molecule has 0 N–H and O–H groups in total. The number of benzene rings is 1. The van der Waals surface area contributed by atoms with Crippen molar-refractivity contribution in [2.24, 2.45) is 0 Å². The van der Waals surface area contributed by atoms with Crippen molar-refractivity contribution >= 4 is 34.7 Å². The van der Waals surface area contributed by atoms with Crippen LogP contribution in [0.4, 0.5) is 5.82 Å². The molecule has 0 bridgehead atoms. The van der Waals surface area contributed by atoms with Gasteiger partial charge in [0, 0.05) is 37.8 Å². The number of nitrogens with zero attached hydrogens (tertiary/aromatic N) is 4. The van der Waals surface area contributed by atoms with Gasteiger partial charge < -0.3 is 14.5 Å². The van der Waals surface area contributed by atoms with E-state index >= 15 is 0 Å². The van der Waals surface area contributed by atoms with Crippen LogP contribution in [0.25, 0.3) is 10.6 Å². The van der Waals surface area contributed by atoms with Crippen molar-refractivity contribution in [3.05, 3.63) is 58.7 Å². The Morgan fingerprint density at radius 3 is 2.70 bits per heavy atom. The lowest BCUT2D eigenvalue weighted by Crippen LogP contribution is -2.49. The quantitative estimate of drug-likeness (QED) is 0.574. The molecule has 156 valence electrons. The number of rotatable bonds is 6. The number of ether oxygens (including phenoxy) is 1. The lowest BCUT2D eigenvalue weighted by molar-refractivity contribution is -0.130. The van der Waals surface area contributed by atoms with Gasteiger partial charge in [0.25, 0.3) is 0 Å². The highest BCUT2D eigenvalue weighted by molar-refractivity contribution is 7.13. The molecule has 3 heterocycles. The summed E-state index contributed by atoms with van der Waals surface area (Å²) in [7, 11) is 0. The van der Waals surface area contributed by atoms with Gasteiger partial charge in [0.2, 0.25) is 5.91 Å². The number of piperazine rings is 1. The molecule has 6 nitrogen and oxygen atoms in total. The summed E-state index contributed by atoms with van der Waals surface area (Å²) in [5, 5.41) is 3.46. The Labute approximate surface area is 185 Å². The smallest absolute Gasteiger partial charge is 0.228 e. The fourth-order valence-electron chi connectivity index (χ4n) is 3.44. The number of hydrogen-bond donors (Lipinski definition) is 0. The van der Waals surface area contributed by atoms with Gasteiger partial charge in [-0.1, -0.05) is 23.7 Å². The number of hydrogen-bond acceptors (Lipinski definition) is 6. The minimum atomic E-state index is 0.105. The Kier molecular flexibility index (Phi) is 6.50. The standard InChI is InChI=1S/C22H23ClN4O2S/c1-2-29-19-6-4-3-5-18(19)22-25-17(15-30-22)13-21(28)27-11-9-26(10-12-27)20-8-7-16(23)14-24-20/h3-8,14-15H,2,9-13H2,1H3. The molecular formula is C22H23ClN4O2S. The maximum absolute atomic E-state index is 12.8. The summed E-state index contributed by atoms with van der Waals surface area (Å²) in [6.07, 6.45) is 1.96. The predicted molar refractivity (Wildman–Crippen MR) is 120 cm³/mol. The third kappa shape index (κ3) is 4.74. The average Bonchev–Trinajstić information content (AvgIpc) is 3.23. The van der Waals surface area contributed by atoms with Crippen LogP contribution in [0.2, 0.25) is 5.02 Å². The number of anilines is 1. The van der Waals surface area contributed by atoms with Crippen LogP contribution in [0.3, 0.4) is 0 Å². The SMILES string of the molecule is CCOc1ccccc1-c1nc(CC(=O)N2CCN(c3ccc(Cl)cn3)CC2)cs1. The monoisotopic (exact) mass is 442 g/mol. The van der Waals surface area contributed by atoms with E-state index in [1.54, 1.807) is 17.5 Å². The molecule has 1 aromatic carbocycles. The molecule has 1 aliphatic heterocycles. The van der Waals surface area contributed by atoms with Crippen molar-refractivity contribution in [2.75, 3.05) is 37.7 Å². The van der Waals surface area contributed by atoms with Crippen molar-refractivity contribution in [1.29, 1.82) is 0 Å². The Morgan fingerprint density at radius 1 is 1.17 bits per heavy atom. The molecule has 1 fully saturated rings. The zero-order chi connectivity index (χ0) is 20.9. The van der Waals surface area contributed by atoms with E-state index in [1.165, 1.54) is 0 Å². The van der Waals surface area contributed by atoms with E-state index in [4.69, 9.17) is 16.3 Å². The van der Waals surface area contributed by atoms with E-state index in [1.807, 2.05) is 53.6 Å². The van der Waals surface area contributed by atoms with Gasteiger partial charge in [0.1, 0.15) is 16.6 Å². The molecule has 0 spiro atoms. The maximum atomic E-state index is 12.8. The van der Waals surface area contributed by atoms with Crippen LogP contribution in [0, 0.1) is 0 Å². The second-order valence-corrected chi connectivity index (χ2v) is 8.25. The third-order valence-electron chi connectivity index (χ3n) is 4.97. The molecule has 4 rings (SSSR count). The molecule has 0 aliphatic carbocycles. The third-order valence-corrected chi connectivity index (χ3v) is 6.12. The van der Waals surface area contributed by atoms with Crippen LogP contribution in [0.15, 0.2) is 48.0 Å². The van der Waals surface area contributed by atoms with Gasteiger partial charge in [-0.15, -0.1) is 11.3 Å². The topological polar surface area (TPSA) is 58.6 Å². The van der Waals surface area contributed by atoms with Gasteiger partial charge in [0.05, 0.1) is 29.3 Å². The van der Waals surface area contributed by atoms with Gasteiger partial charge in [-0.3, -0.25) is 4.79 Å². The lowest BCUT2D eigenvalue weighted by atomic mass is 10.2. The molecule has 3 aromatic rings. The zero-order valence-electron chi connectivity index (χ0n) is 16.8. The minimum absolute atomic E-state index is 0.105. The largest absolute Gasteiger partial charge is 0.493 e. The van der Waals surface area contributed by atoms with Crippen molar-refractivity contribution in [1.82, 2.24) is 14.9 Å². The zero-order valence-corrected chi connectivity index (χ0v) is 18.3. The van der Waals surface area contributed by atoms with Crippen LogP contribution >= 0.6 is 22.9 Å². The van der Waals surface area contributed by atoms with Gasteiger partial charge in [0.15, 0.2) is 0 Å². The number of amides is 1. The highest BCUT2D eigenvalue weighted by atomic mass is 35.5. The number of para-hydroxylation sites is 1. The molecular weight excluding hydrogens is 420 g/mol. The van der Waals surface area contributed by atoms with Crippen LogP contribution in [0.5, 0.6) is 5.75 Å². The number of carbonyl (C=O) groups is 1. The van der Waals surface area contributed by atoms with Crippen LogP contribution in [0.1, 0.15) is 12.6 Å². The van der Waals surface area contributed by atoms with Gasteiger partial charge in [-0.05, 0) is 31.2 Å². The Hall–Kier alpha value is -2.64. The molecule has 0 radical (unpaired) electrons. The molecule has 0 saturated carbocycles. The summed E-state index contributed by atoms with van der Waals surface area (Å²) in [4.78, 5) is 25.9. The first-order chi connectivity index (χ1) is 14.6. The van der Waals surface area contributed by atoms with Gasteiger partial charge >= 0.3 is 0 Å². The van der Waals surface area contributed by atoms with E-state index in [2.05, 4.69) is 14.9 Å². The van der Waals surface area contributed by atoms with E-state index in [0.717, 1.165) is 40.9 Å². The molecule has 0 atom stereocenters. The van der Waals surface area contributed by atoms with Crippen molar-refractivity contribution in [3.8, 4) is 16.3 Å². The summed E-state index contributed by atoms with van der Waals surface area (Å²) in [5.41, 5.74) is 1.76. The first-order valence-electron chi connectivity index (χ1n) is 9.95. The molecule has 0 unspecified atom stereocenters. The van der Waals surface area contributed by atoms with Crippen molar-refractivity contribution in [2.45, 2.75) is 13.3 Å². The Bertz CT molecular complexity index is 1000. The molecule has 2 aromatic heterocycles. The van der Waals surface area contributed by atoms with E-state index in [0.29, 0.717) is 31.1 Å². The number of pyridine rings is 1. The average molecular weight is 443 g/mol. The summed E-state index contributed by atoms with van der Waals surface area (Å²) in [6.45, 7) is 5.42. The van der Waals surface area contributed by atoms with Crippen molar-refractivity contribution < 1.29 is 9.53 Å². The van der Waals surface area contributed by atoms with E-state index in [9.17, 15) is 4.79 Å². The van der Waals surface area contributed by atoms with Crippen LogP contribution in [-0.2, 0) is 11.2 Å². The molecule has 1 amide bonds. The number of aromatic nitrogens is 2. The predicted octanol–water partition coefficient (Wildman–Crippen LogP) is 4.15.